The number of fused-ring (bicyclic) bond motifs is 2. The molecule has 0 radical (unpaired) electrons. The van der Waals surface area contributed by atoms with Crippen LogP contribution in [-0.2, 0) is 6.42 Å². The summed E-state index contributed by atoms with van der Waals surface area (Å²) in [5, 5.41) is 5.55. The summed E-state index contributed by atoms with van der Waals surface area (Å²) in [6, 6.07) is 8.29. The second-order valence-electron chi connectivity index (χ2n) is 6.49. The first kappa shape index (κ1) is 18.6. The molecule has 0 saturated carbocycles. The smallest absolute Gasteiger partial charge is 0.387 e. The van der Waals surface area contributed by atoms with Gasteiger partial charge >= 0.3 is 12.6 Å². The second kappa shape index (κ2) is 7.71. The maximum atomic E-state index is 13.0. The third-order valence-electron chi connectivity index (χ3n) is 4.93. The molecule has 5 nitrogen and oxygen atoms in total. The molecular weight excluding hydrogens is 384 g/mol. The van der Waals surface area contributed by atoms with Crippen molar-refractivity contribution < 1.29 is 18.3 Å². The molecule has 3 heterocycles. The molecule has 0 unspecified atom stereocenters. The van der Waals surface area contributed by atoms with Crippen molar-refractivity contribution in [2.75, 3.05) is 11.9 Å². The van der Waals surface area contributed by atoms with E-state index in [0.29, 0.717) is 17.6 Å². The Hall–Kier alpha value is -2.74. The maximum absolute atomic E-state index is 13.0. The molecule has 0 bridgehead atoms. The molecule has 1 aliphatic heterocycles. The van der Waals surface area contributed by atoms with Gasteiger partial charge in [-0.3, -0.25) is 4.98 Å². The van der Waals surface area contributed by atoms with Gasteiger partial charge in [-0.2, -0.15) is 8.78 Å². The fourth-order valence-corrected chi connectivity index (χ4v) is 4.64. The summed E-state index contributed by atoms with van der Waals surface area (Å²) in [4.78, 5) is 20.3. The number of rotatable bonds is 4. The van der Waals surface area contributed by atoms with Crippen molar-refractivity contribution in [1.82, 2.24) is 9.88 Å². The average molecular weight is 403 g/mol. The highest BCUT2D eigenvalue weighted by atomic mass is 32.1. The number of benzene rings is 1. The SMILES string of the molecule is CC[C@@H]1c2ccsc2CCN1C(=O)Nc1ccc(OC(F)F)c2ncccc12. The Bertz CT molecular complexity index is 1010. The van der Waals surface area contributed by atoms with Crippen LogP contribution in [0.25, 0.3) is 10.9 Å². The molecule has 0 aliphatic carbocycles. The number of halogens is 2. The van der Waals surface area contributed by atoms with Gasteiger partial charge in [0.05, 0.1) is 11.7 Å². The fraction of sp³-hybridized carbons (Fsp3) is 0.300. The molecule has 1 aliphatic rings. The molecule has 1 N–H and O–H groups in total. The van der Waals surface area contributed by atoms with Gasteiger partial charge in [0.25, 0.3) is 0 Å². The van der Waals surface area contributed by atoms with E-state index in [4.69, 9.17) is 0 Å². The van der Waals surface area contributed by atoms with Gasteiger partial charge in [-0.25, -0.2) is 4.79 Å². The van der Waals surface area contributed by atoms with E-state index in [1.54, 1.807) is 29.5 Å². The topological polar surface area (TPSA) is 54.5 Å². The quantitative estimate of drug-likeness (QED) is 0.631. The monoisotopic (exact) mass is 403 g/mol. The van der Waals surface area contributed by atoms with Crippen LogP contribution in [0.4, 0.5) is 19.3 Å². The van der Waals surface area contributed by atoms with E-state index in [1.165, 1.54) is 22.7 Å². The average Bonchev–Trinajstić information content (AvgIpc) is 3.17. The van der Waals surface area contributed by atoms with Crippen LogP contribution in [0.5, 0.6) is 5.75 Å². The summed E-state index contributed by atoms with van der Waals surface area (Å²) in [5.74, 6) is -0.0177. The Labute approximate surface area is 164 Å². The molecule has 0 fully saturated rings. The van der Waals surface area contributed by atoms with Crippen molar-refractivity contribution in [3.8, 4) is 5.75 Å². The molecule has 3 aromatic rings. The summed E-state index contributed by atoms with van der Waals surface area (Å²) in [5.41, 5.74) is 2.01. The van der Waals surface area contributed by atoms with Gasteiger partial charge in [-0.15, -0.1) is 11.3 Å². The molecule has 28 heavy (non-hydrogen) atoms. The van der Waals surface area contributed by atoms with Crippen molar-refractivity contribution in [3.05, 3.63) is 52.3 Å². The number of ether oxygens (including phenoxy) is 1. The van der Waals surface area contributed by atoms with Gasteiger partial charge < -0.3 is 15.0 Å². The molecule has 2 amide bonds. The lowest BCUT2D eigenvalue weighted by Crippen LogP contribution is -2.41. The number of aromatic nitrogens is 1. The number of thiophene rings is 1. The molecular formula is C20H19F2N3O2S. The van der Waals surface area contributed by atoms with Gasteiger partial charge in [0, 0.05) is 23.0 Å². The zero-order valence-corrected chi connectivity index (χ0v) is 16.0. The molecule has 1 atom stereocenters. The molecule has 4 rings (SSSR count). The normalized spacial score (nSPS) is 16.3. The van der Waals surface area contributed by atoms with Gasteiger partial charge in [0.2, 0.25) is 0 Å². The lowest BCUT2D eigenvalue weighted by atomic mass is 9.98. The number of hydrogen-bond donors (Lipinski definition) is 1. The van der Waals surface area contributed by atoms with Crippen LogP contribution >= 0.6 is 11.3 Å². The Morgan fingerprint density at radius 2 is 2.25 bits per heavy atom. The first-order valence-electron chi connectivity index (χ1n) is 9.05. The zero-order valence-electron chi connectivity index (χ0n) is 15.2. The van der Waals surface area contributed by atoms with Crippen molar-refractivity contribution in [3.63, 3.8) is 0 Å². The predicted octanol–water partition coefficient (Wildman–Crippen LogP) is 5.44. The van der Waals surface area contributed by atoms with E-state index in [-0.39, 0.29) is 23.3 Å². The Morgan fingerprint density at radius 1 is 1.39 bits per heavy atom. The number of hydrogen-bond acceptors (Lipinski definition) is 4. The van der Waals surface area contributed by atoms with Gasteiger partial charge in [0.1, 0.15) is 5.52 Å². The summed E-state index contributed by atoms with van der Waals surface area (Å²) >= 11 is 1.73. The fourth-order valence-electron chi connectivity index (χ4n) is 3.71. The number of carbonyl (C=O) groups is 1. The Balaban J connectivity index is 1.62. The third-order valence-corrected chi connectivity index (χ3v) is 5.93. The van der Waals surface area contributed by atoms with E-state index in [0.717, 1.165) is 12.8 Å². The van der Waals surface area contributed by atoms with E-state index in [9.17, 15) is 13.6 Å². The van der Waals surface area contributed by atoms with E-state index < -0.39 is 6.61 Å². The summed E-state index contributed by atoms with van der Waals surface area (Å²) in [6.07, 6.45) is 3.16. The molecule has 2 aromatic heterocycles. The number of nitrogens with one attached hydrogen (secondary N) is 1. The maximum Gasteiger partial charge on any atom is 0.387 e. The highest BCUT2D eigenvalue weighted by molar-refractivity contribution is 7.10. The number of nitrogens with zero attached hydrogens (tertiary/aromatic N) is 2. The van der Waals surface area contributed by atoms with Crippen LogP contribution in [0.1, 0.15) is 29.8 Å². The van der Waals surface area contributed by atoms with Gasteiger partial charge in [-0.05, 0) is 54.1 Å². The molecule has 0 saturated heterocycles. The number of carbonyl (C=O) groups excluding carboxylic acids is 1. The summed E-state index contributed by atoms with van der Waals surface area (Å²) < 4.78 is 29.9. The standard InChI is InChI=1S/C20H19F2N3O2S/c1-2-15-13-8-11-28-17(13)7-10-25(15)20(26)24-14-5-6-16(27-19(21)22)18-12(14)4-3-9-23-18/h3-6,8-9,11,15,19H,2,7,10H2,1H3,(H,24,26)/t15-/m1/s1. The Kier molecular flexibility index (Phi) is 5.13. The lowest BCUT2D eigenvalue weighted by Gasteiger charge is -2.35. The second-order valence-corrected chi connectivity index (χ2v) is 7.49. The van der Waals surface area contributed by atoms with E-state index >= 15 is 0 Å². The van der Waals surface area contributed by atoms with Crippen LogP contribution in [0.3, 0.4) is 0 Å². The third kappa shape index (κ3) is 3.40. The van der Waals surface area contributed by atoms with Crippen molar-refractivity contribution in [2.45, 2.75) is 32.4 Å². The number of anilines is 1. The minimum Gasteiger partial charge on any atom is -0.432 e. The van der Waals surface area contributed by atoms with Crippen LogP contribution < -0.4 is 10.1 Å². The van der Waals surface area contributed by atoms with Crippen LogP contribution in [-0.4, -0.2) is 29.1 Å². The molecule has 146 valence electrons. The number of alkyl halides is 2. The summed E-state index contributed by atoms with van der Waals surface area (Å²) in [7, 11) is 0. The van der Waals surface area contributed by atoms with Crippen molar-refractivity contribution >= 4 is 34.0 Å². The van der Waals surface area contributed by atoms with Crippen LogP contribution in [0, 0.1) is 0 Å². The molecule has 0 spiro atoms. The van der Waals surface area contributed by atoms with Crippen molar-refractivity contribution in [1.29, 1.82) is 0 Å². The first-order chi connectivity index (χ1) is 13.6. The largest absolute Gasteiger partial charge is 0.432 e. The highest BCUT2D eigenvalue weighted by Crippen LogP contribution is 2.36. The summed E-state index contributed by atoms with van der Waals surface area (Å²) in [6.45, 7) is -0.238. The molecule has 8 heteroatoms. The lowest BCUT2D eigenvalue weighted by molar-refractivity contribution is -0.0489. The van der Waals surface area contributed by atoms with Crippen molar-refractivity contribution in [2.24, 2.45) is 0 Å². The van der Waals surface area contributed by atoms with Gasteiger partial charge in [-0.1, -0.05) is 6.92 Å². The zero-order chi connectivity index (χ0) is 19.7. The van der Waals surface area contributed by atoms with E-state index in [2.05, 4.69) is 33.4 Å². The number of urea groups is 1. The minimum absolute atomic E-state index is 0.0177. The molecule has 1 aromatic carbocycles. The van der Waals surface area contributed by atoms with Crippen LogP contribution in [0.2, 0.25) is 0 Å². The van der Waals surface area contributed by atoms with Gasteiger partial charge in [0.15, 0.2) is 5.75 Å². The number of amides is 2. The number of pyridine rings is 1. The Morgan fingerprint density at radius 3 is 3.04 bits per heavy atom. The van der Waals surface area contributed by atoms with Crippen LogP contribution in [0.15, 0.2) is 41.9 Å². The first-order valence-corrected chi connectivity index (χ1v) is 9.93. The minimum atomic E-state index is -2.94. The highest BCUT2D eigenvalue weighted by Gasteiger charge is 2.30. The van der Waals surface area contributed by atoms with E-state index in [1.807, 2.05) is 4.90 Å². The predicted molar refractivity (Wildman–Crippen MR) is 105 cm³/mol.